The predicted octanol–water partition coefficient (Wildman–Crippen LogP) is 4.84. The van der Waals surface area contributed by atoms with Crippen LogP contribution in [0.1, 0.15) is 83.1 Å². The van der Waals surface area contributed by atoms with E-state index in [2.05, 4.69) is 12.2 Å². The molecule has 1 aromatic heterocycles. The molecular weight excluding hydrogens is 330 g/mol. The molecule has 1 aromatic rings. The SMILES string of the molecule is CC1CCCCCCC1.Cn1cc(NC(=O)OC(C)(C)C)cc1C(N)=O. The van der Waals surface area contributed by atoms with Gasteiger partial charge < -0.3 is 15.0 Å². The van der Waals surface area contributed by atoms with Gasteiger partial charge in [-0.25, -0.2) is 4.79 Å². The van der Waals surface area contributed by atoms with E-state index in [1.165, 1.54) is 55.6 Å². The number of anilines is 1. The minimum absolute atomic E-state index is 0.316. The van der Waals surface area contributed by atoms with Gasteiger partial charge in [0.1, 0.15) is 11.3 Å². The van der Waals surface area contributed by atoms with Crippen molar-refractivity contribution in [2.75, 3.05) is 5.32 Å². The van der Waals surface area contributed by atoms with Crippen LogP contribution in [0.15, 0.2) is 12.3 Å². The van der Waals surface area contributed by atoms with E-state index in [-0.39, 0.29) is 0 Å². The van der Waals surface area contributed by atoms with Gasteiger partial charge in [0.25, 0.3) is 5.91 Å². The highest BCUT2D eigenvalue weighted by Gasteiger charge is 2.17. The summed E-state index contributed by atoms with van der Waals surface area (Å²) in [5.41, 5.74) is 5.38. The molecule has 1 fully saturated rings. The summed E-state index contributed by atoms with van der Waals surface area (Å²) in [5.74, 6) is 0.468. The fraction of sp³-hybridized carbons (Fsp3) is 0.700. The molecular formula is C20H35N3O3. The summed E-state index contributed by atoms with van der Waals surface area (Å²) in [7, 11) is 1.67. The lowest BCUT2D eigenvalue weighted by Gasteiger charge is -2.19. The zero-order valence-electron chi connectivity index (χ0n) is 16.9. The minimum Gasteiger partial charge on any atom is -0.444 e. The average molecular weight is 366 g/mol. The van der Waals surface area contributed by atoms with Crippen molar-refractivity contribution in [2.24, 2.45) is 18.7 Å². The average Bonchev–Trinajstić information content (AvgIpc) is 2.82. The Morgan fingerprint density at radius 2 is 1.69 bits per heavy atom. The number of rotatable bonds is 2. The third-order valence-corrected chi connectivity index (χ3v) is 4.30. The molecule has 0 spiro atoms. The number of primary amides is 1. The standard InChI is InChI=1S/C11H17N3O3.C9H18/c1-11(2,3)17-10(16)13-7-5-8(9(12)15)14(4)6-7;1-9-7-5-3-2-4-6-8-9/h5-6H,1-4H3,(H2,12,15)(H,13,16);9H,2-8H2,1H3. The lowest BCUT2D eigenvalue weighted by Crippen LogP contribution is -2.27. The van der Waals surface area contributed by atoms with Crippen molar-refractivity contribution in [3.8, 4) is 0 Å². The van der Waals surface area contributed by atoms with Gasteiger partial charge in [0.05, 0.1) is 5.69 Å². The highest BCUT2D eigenvalue weighted by molar-refractivity contribution is 5.94. The fourth-order valence-corrected chi connectivity index (χ4v) is 2.96. The van der Waals surface area contributed by atoms with Crippen LogP contribution < -0.4 is 11.1 Å². The van der Waals surface area contributed by atoms with Crippen molar-refractivity contribution in [3.05, 3.63) is 18.0 Å². The van der Waals surface area contributed by atoms with Crippen molar-refractivity contribution < 1.29 is 14.3 Å². The van der Waals surface area contributed by atoms with Crippen LogP contribution >= 0.6 is 0 Å². The van der Waals surface area contributed by atoms with Gasteiger partial charge in [-0.15, -0.1) is 0 Å². The van der Waals surface area contributed by atoms with Crippen molar-refractivity contribution >= 4 is 17.7 Å². The van der Waals surface area contributed by atoms with E-state index in [1.54, 1.807) is 34.0 Å². The van der Waals surface area contributed by atoms with Crippen LogP contribution in [0, 0.1) is 5.92 Å². The van der Waals surface area contributed by atoms with E-state index in [4.69, 9.17) is 10.5 Å². The summed E-state index contributed by atoms with van der Waals surface area (Å²) < 4.78 is 6.61. The number of aromatic nitrogens is 1. The van der Waals surface area contributed by atoms with Gasteiger partial charge in [0.2, 0.25) is 0 Å². The Labute approximate surface area is 157 Å². The first-order valence-electron chi connectivity index (χ1n) is 9.54. The topological polar surface area (TPSA) is 86.3 Å². The Hall–Kier alpha value is -1.98. The first-order valence-corrected chi connectivity index (χ1v) is 9.54. The van der Waals surface area contributed by atoms with Crippen LogP contribution in [0.25, 0.3) is 0 Å². The first kappa shape index (κ1) is 22.1. The number of aryl methyl sites for hydroxylation is 1. The molecule has 6 heteroatoms. The van der Waals surface area contributed by atoms with E-state index in [0.717, 1.165) is 5.92 Å². The quantitative estimate of drug-likeness (QED) is 0.786. The second-order valence-electron chi connectivity index (χ2n) is 8.17. The van der Waals surface area contributed by atoms with Gasteiger partial charge in [-0.1, -0.05) is 51.9 Å². The lowest BCUT2D eigenvalue weighted by molar-refractivity contribution is 0.0635. The highest BCUT2D eigenvalue weighted by Crippen LogP contribution is 2.21. The van der Waals surface area contributed by atoms with E-state index >= 15 is 0 Å². The summed E-state index contributed by atoms with van der Waals surface area (Å²) >= 11 is 0. The third-order valence-electron chi connectivity index (χ3n) is 4.30. The van der Waals surface area contributed by atoms with Gasteiger partial charge >= 0.3 is 6.09 Å². The molecule has 0 aliphatic heterocycles. The van der Waals surface area contributed by atoms with Gasteiger partial charge in [-0.2, -0.15) is 0 Å². The molecule has 3 N–H and O–H groups in total. The van der Waals surface area contributed by atoms with Crippen LogP contribution in [-0.2, 0) is 11.8 Å². The second-order valence-corrected chi connectivity index (χ2v) is 8.17. The van der Waals surface area contributed by atoms with Crippen molar-refractivity contribution in [1.29, 1.82) is 0 Å². The maximum atomic E-state index is 11.5. The van der Waals surface area contributed by atoms with Gasteiger partial charge in [-0.05, 0) is 32.8 Å². The summed E-state index contributed by atoms with van der Waals surface area (Å²) in [6.45, 7) is 7.70. The molecule has 2 amide bonds. The molecule has 1 aliphatic carbocycles. The van der Waals surface area contributed by atoms with Crippen LogP contribution in [-0.4, -0.2) is 22.2 Å². The van der Waals surface area contributed by atoms with Crippen molar-refractivity contribution in [3.63, 3.8) is 0 Å². The molecule has 148 valence electrons. The van der Waals surface area contributed by atoms with Gasteiger partial charge in [0, 0.05) is 13.2 Å². The molecule has 1 saturated carbocycles. The number of hydrogen-bond acceptors (Lipinski definition) is 3. The molecule has 6 nitrogen and oxygen atoms in total. The van der Waals surface area contributed by atoms with Crippen molar-refractivity contribution in [2.45, 2.75) is 78.2 Å². The maximum absolute atomic E-state index is 11.5. The molecule has 2 rings (SSSR count). The Kier molecular flexibility index (Phi) is 8.69. The normalized spacial score (nSPS) is 15.9. The highest BCUT2D eigenvalue weighted by atomic mass is 16.6. The van der Waals surface area contributed by atoms with Crippen LogP contribution in [0.2, 0.25) is 0 Å². The number of nitrogens with one attached hydrogen (secondary N) is 1. The maximum Gasteiger partial charge on any atom is 0.412 e. The van der Waals surface area contributed by atoms with Crippen LogP contribution in [0.3, 0.4) is 0 Å². The number of nitrogens with zero attached hydrogens (tertiary/aromatic N) is 1. The number of carbonyl (C=O) groups is 2. The first-order chi connectivity index (χ1) is 12.1. The number of hydrogen-bond donors (Lipinski definition) is 2. The molecule has 1 heterocycles. The van der Waals surface area contributed by atoms with E-state index < -0.39 is 17.6 Å². The number of nitrogens with two attached hydrogens (primary N) is 1. The molecule has 0 aromatic carbocycles. The van der Waals surface area contributed by atoms with Crippen LogP contribution in [0.4, 0.5) is 10.5 Å². The minimum atomic E-state index is -0.570. The molecule has 26 heavy (non-hydrogen) atoms. The Morgan fingerprint density at radius 3 is 2.15 bits per heavy atom. The summed E-state index contributed by atoms with van der Waals surface area (Å²) in [6.07, 6.45) is 11.4. The molecule has 0 atom stereocenters. The Balaban J connectivity index is 0.000000314. The number of carbonyl (C=O) groups excluding carboxylic acids is 2. The number of ether oxygens (including phenoxy) is 1. The number of amides is 2. The zero-order valence-corrected chi connectivity index (χ0v) is 16.9. The monoisotopic (exact) mass is 365 g/mol. The molecule has 0 radical (unpaired) electrons. The Bertz CT molecular complexity index is 580. The Morgan fingerprint density at radius 1 is 1.15 bits per heavy atom. The molecule has 0 unspecified atom stereocenters. The second kappa shape index (κ2) is 10.2. The lowest BCUT2D eigenvalue weighted by atomic mass is 9.93. The molecule has 1 aliphatic rings. The van der Waals surface area contributed by atoms with E-state index in [1.807, 2.05) is 0 Å². The summed E-state index contributed by atoms with van der Waals surface area (Å²) in [6, 6.07) is 1.49. The molecule has 0 bridgehead atoms. The fourth-order valence-electron chi connectivity index (χ4n) is 2.96. The molecule has 0 saturated heterocycles. The van der Waals surface area contributed by atoms with Gasteiger partial charge in [0.15, 0.2) is 0 Å². The summed E-state index contributed by atoms with van der Waals surface area (Å²) in [5, 5.41) is 2.52. The van der Waals surface area contributed by atoms with E-state index in [0.29, 0.717) is 11.4 Å². The largest absolute Gasteiger partial charge is 0.444 e. The van der Waals surface area contributed by atoms with Crippen LogP contribution in [0.5, 0.6) is 0 Å². The van der Waals surface area contributed by atoms with E-state index in [9.17, 15) is 9.59 Å². The third kappa shape index (κ3) is 8.92. The summed E-state index contributed by atoms with van der Waals surface area (Å²) in [4.78, 5) is 22.5. The zero-order chi connectivity index (χ0) is 19.7. The predicted molar refractivity (Wildman–Crippen MR) is 105 cm³/mol. The van der Waals surface area contributed by atoms with Crippen molar-refractivity contribution in [1.82, 2.24) is 4.57 Å². The van der Waals surface area contributed by atoms with Gasteiger partial charge in [-0.3, -0.25) is 10.1 Å². The smallest absolute Gasteiger partial charge is 0.412 e.